The van der Waals surface area contributed by atoms with Crippen LogP contribution in [0.3, 0.4) is 0 Å². The lowest BCUT2D eigenvalue weighted by Gasteiger charge is -2.25. The lowest BCUT2D eigenvalue weighted by molar-refractivity contribution is 0.232. The van der Waals surface area contributed by atoms with Crippen molar-refractivity contribution in [3.63, 3.8) is 0 Å². The first-order valence-corrected chi connectivity index (χ1v) is 6.26. The molecule has 0 spiro atoms. The molecule has 0 aliphatic rings. The van der Waals surface area contributed by atoms with Crippen molar-refractivity contribution < 1.29 is 8.78 Å². The molecule has 0 amide bonds. The molecule has 1 atom stereocenters. The van der Waals surface area contributed by atoms with Gasteiger partial charge in [-0.05, 0) is 31.5 Å². The predicted octanol–water partition coefficient (Wildman–Crippen LogP) is 2.63. The lowest BCUT2D eigenvalue weighted by atomic mass is 9.95. The summed E-state index contributed by atoms with van der Waals surface area (Å²) in [4.78, 5) is 2.02. The van der Waals surface area contributed by atoms with Crippen LogP contribution in [-0.2, 0) is 6.54 Å². The van der Waals surface area contributed by atoms with Crippen LogP contribution < -0.4 is 5.73 Å². The Morgan fingerprint density at radius 2 is 1.94 bits per heavy atom. The first kappa shape index (κ1) is 15.1. The Kier molecular flexibility index (Phi) is 5.69. The van der Waals surface area contributed by atoms with Crippen molar-refractivity contribution >= 4 is 0 Å². The molecule has 2 nitrogen and oxygen atoms in total. The maximum atomic E-state index is 13.5. The zero-order valence-corrected chi connectivity index (χ0v) is 11.3. The van der Waals surface area contributed by atoms with Crippen LogP contribution >= 0.6 is 0 Å². The SMILES string of the molecule is CC(C)C(CN)CN(C)Cc1ccc(F)cc1F. The van der Waals surface area contributed by atoms with Crippen molar-refractivity contribution in [2.24, 2.45) is 17.6 Å². The molecule has 0 aliphatic heterocycles. The van der Waals surface area contributed by atoms with Gasteiger partial charge in [0.2, 0.25) is 0 Å². The monoisotopic (exact) mass is 256 g/mol. The smallest absolute Gasteiger partial charge is 0.130 e. The van der Waals surface area contributed by atoms with Crippen molar-refractivity contribution in [1.29, 1.82) is 0 Å². The van der Waals surface area contributed by atoms with Crippen LogP contribution in [0.2, 0.25) is 0 Å². The number of halogens is 2. The molecule has 1 aromatic carbocycles. The van der Waals surface area contributed by atoms with Crippen LogP contribution in [0.1, 0.15) is 19.4 Å². The fraction of sp³-hybridized carbons (Fsp3) is 0.571. The average molecular weight is 256 g/mol. The maximum absolute atomic E-state index is 13.5. The van der Waals surface area contributed by atoms with E-state index in [1.807, 2.05) is 11.9 Å². The third-order valence-corrected chi connectivity index (χ3v) is 3.25. The van der Waals surface area contributed by atoms with E-state index < -0.39 is 11.6 Å². The first-order chi connectivity index (χ1) is 8.43. The van der Waals surface area contributed by atoms with Gasteiger partial charge < -0.3 is 10.6 Å². The van der Waals surface area contributed by atoms with Crippen molar-refractivity contribution in [3.8, 4) is 0 Å². The Labute approximate surface area is 108 Å². The van der Waals surface area contributed by atoms with E-state index in [0.717, 1.165) is 12.6 Å². The summed E-state index contributed by atoms with van der Waals surface area (Å²) in [5.74, 6) is -0.148. The van der Waals surface area contributed by atoms with Crippen LogP contribution in [-0.4, -0.2) is 25.0 Å². The van der Waals surface area contributed by atoms with E-state index in [2.05, 4.69) is 13.8 Å². The molecular weight excluding hydrogens is 234 g/mol. The molecule has 0 aliphatic carbocycles. The zero-order valence-electron chi connectivity index (χ0n) is 11.3. The van der Waals surface area contributed by atoms with Gasteiger partial charge in [0.25, 0.3) is 0 Å². The summed E-state index contributed by atoms with van der Waals surface area (Å²) in [6.07, 6.45) is 0. The second-order valence-electron chi connectivity index (χ2n) is 5.17. The van der Waals surface area contributed by atoms with Crippen LogP contribution in [0.5, 0.6) is 0 Å². The Hall–Kier alpha value is -1.00. The fourth-order valence-electron chi connectivity index (χ4n) is 1.96. The third-order valence-electron chi connectivity index (χ3n) is 3.25. The molecule has 18 heavy (non-hydrogen) atoms. The molecule has 1 rings (SSSR count). The van der Waals surface area contributed by atoms with E-state index in [0.29, 0.717) is 30.5 Å². The van der Waals surface area contributed by atoms with Crippen LogP contribution in [0.25, 0.3) is 0 Å². The predicted molar refractivity (Wildman–Crippen MR) is 70.1 cm³/mol. The molecule has 102 valence electrons. The molecule has 1 aromatic rings. The highest BCUT2D eigenvalue weighted by atomic mass is 19.1. The van der Waals surface area contributed by atoms with E-state index in [9.17, 15) is 8.78 Å². The second kappa shape index (κ2) is 6.81. The molecule has 0 radical (unpaired) electrons. The van der Waals surface area contributed by atoms with Gasteiger partial charge in [-0.15, -0.1) is 0 Å². The standard InChI is InChI=1S/C14H22F2N2/c1-10(2)12(7-17)9-18(3)8-11-4-5-13(15)6-14(11)16/h4-6,10,12H,7-9,17H2,1-3H3. The zero-order chi connectivity index (χ0) is 13.7. The Morgan fingerprint density at radius 1 is 1.28 bits per heavy atom. The summed E-state index contributed by atoms with van der Waals surface area (Å²) in [5, 5.41) is 0. The Bertz CT molecular complexity index is 380. The van der Waals surface area contributed by atoms with Gasteiger partial charge in [-0.25, -0.2) is 8.78 Å². The normalized spacial score (nSPS) is 13.3. The molecule has 0 aromatic heterocycles. The first-order valence-electron chi connectivity index (χ1n) is 6.26. The Morgan fingerprint density at radius 3 is 2.44 bits per heavy atom. The van der Waals surface area contributed by atoms with Gasteiger partial charge in [0.1, 0.15) is 11.6 Å². The van der Waals surface area contributed by atoms with Gasteiger partial charge in [-0.1, -0.05) is 19.9 Å². The van der Waals surface area contributed by atoms with Gasteiger partial charge in [0.05, 0.1) is 0 Å². The minimum atomic E-state index is -0.541. The third kappa shape index (κ3) is 4.35. The van der Waals surface area contributed by atoms with E-state index in [4.69, 9.17) is 5.73 Å². The molecule has 0 saturated carbocycles. The van der Waals surface area contributed by atoms with Crippen LogP contribution in [0.4, 0.5) is 8.78 Å². The van der Waals surface area contributed by atoms with Gasteiger partial charge >= 0.3 is 0 Å². The largest absolute Gasteiger partial charge is 0.330 e. The minimum absolute atomic E-state index is 0.388. The molecule has 1 unspecified atom stereocenters. The summed E-state index contributed by atoms with van der Waals surface area (Å²) < 4.78 is 26.3. The second-order valence-corrected chi connectivity index (χ2v) is 5.17. The number of hydrogen-bond donors (Lipinski definition) is 1. The number of rotatable bonds is 6. The number of nitrogens with zero attached hydrogens (tertiary/aromatic N) is 1. The van der Waals surface area contributed by atoms with Gasteiger partial charge in [-0.3, -0.25) is 0 Å². The van der Waals surface area contributed by atoms with E-state index >= 15 is 0 Å². The van der Waals surface area contributed by atoms with Gasteiger partial charge in [0, 0.05) is 24.7 Å². The van der Waals surface area contributed by atoms with E-state index in [-0.39, 0.29) is 0 Å². The maximum Gasteiger partial charge on any atom is 0.130 e. The van der Waals surface area contributed by atoms with E-state index in [1.54, 1.807) is 0 Å². The van der Waals surface area contributed by atoms with E-state index in [1.165, 1.54) is 12.1 Å². The highest BCUT2D eigenvalue weighted by Crippen LogP contribution is 2.15. The highest BCUT2D eigenvalue weighted by molar-refractivity contribution is 5.18. The average Bonchev–Trinajstić information content (AvgIpc) is 2.29. The van der Waals surface area contributed by atoms with Crippen molar-refractivity contribution in [3.05, 3.63) is 35.4 Å². The van der Waals surface area contributed by atoms with Crippen molar-refractivity contribution in [2.75, 3.05) is 20.1 Å². The molecule has 0 bridgehead atoms. The fourth-order valence-corrected chi connectivity index (χ4v) is 1.96. The molecule has 2 N–H and O–H groups in total. The summed E-state index contributed by atoms with van der Waals surface area (Å²) in [6, 6.07) is 3.70. The topological polar surface area (TPSA) is 29.3 Å². The van der Waals surface area contributed by atoms with Gasteiger partial charge in [-0.2, -0.15) is 0 Å². The van der Waals surface area contributed by atoms with Crippen molar-refractivity contribution in [2.45, 2.75) is 20.4 Å². The molecular formula is C14H22F2N2. The van der Waals surface area contributed by atoms with Crippen molar-refractivity contribution in [1.82, 2.24) is 4.90 Å². The summed E-state index contributed by atoms with van der Waals surface area (Å²) in [6.45, 7) is 6.15. The molecule has 0 heterocycles. The minimum Gasteiger partial charge on any atom is -0.330 e. The molecule has 0 fully saturated rings. The number of hydrogen-bond acceptors (Lipinski definition) is 2. The summed E-state index contributed by atoms with van der Waals surface area (Å²) in [5.41, 5.74) is 6.23. The molecule has 4 heteroatoms. The van der Waals surface area contributed by atoms with Crippen LogP contribution in [0.15, 0.2) is 18.2 Å². The number of benzene rings is 1. The Balaban J connectivity index is 2.61. The summed E-state index contributed by atoms with van der Waals surface area (Å²) in [7, 11) is 1.92. The van der Waals surface area contributed by atoms with Gasteiger partial charge in [0.15, 0.2) is 0 Å². The highest BCUT2D eigenvalue weighted by Gasteiger charge is 2.15. The molecule has 0 saturated heterocycles. The van der Waals surface area contributed by atoms with Crippen LogP contribution in [0, 0.1) is 23.5 Å². The lowest BCUT2D eigenvalue weighted by Crippen LogP contribution is -2.33. The quantitative estimate of drug-likeness (QED) is 0.847. The number of nitrogens with two attached hydrogens (primary N) is 1. The summed E-state index contributed by atoms with van der Waals surface area (Å²) >= 11 is 0.